The molecule has 7 heteroatoms. The fourth-order valence-corrected chi connectivity index (χ4v) is 2.57. The van der Waals surface area contributed by atoms with E-state index in [1.165, 1.54) is 0 Å². The Morgan fingerprint density at radius 3 is 2.74 bits per heavy atom. The number of rotatable bonds is 3. The third kappa shape index (κ3) is 3.18. The number of aromatic carboxylic acids is 1. The van der Waals surface area contributed by atoms with Crippen LogP contribution in [0.3, 0.4) is 0 Å². The maximum Gasteiger partial charge on any atom is 0.415 e. The Hall–Kier alpha value is -2.83. The number of nitrogens with zero attached hydrogens (tertiary/aromatic N) is 2. The molecule has 23 heavy (non-hydrogen) atoms. The smallest absolute Gasteiger partial charge is 0.415 e. The van der Waals surface area contributed by atoms with Gasteiger partial charge in [-0.05, 0) is 25.5 Å². The summed E-state index contributed by atoms with van der Waals surface area (Å²) in [5.74, 6) is -0.564. The molecule has 0 saturated carbocycles. The van der Waals surface area contributed by atoms with Gasteiger partial charge in [-0.1, -0.05) is 18.2 Å². The molecule has 2 aromatic rings. The second kappa shape index (κ2) is 6.12. The monoisotopic (exact) mass is 316 g/mol. The van der Waals surface area contributed by atoms with Crippen molar-refractivity contribution in [2.45, 2.75) is 19.3 Å². The average molecular weight is 316 g/mol. The highest BCUT2D eigenvalue weighted by Crippen LogP contribution is 2.28. The largest absolute Gasteiger partial charge is 0.475 e. The van der Waals surface area contributed by atoms with E-state index in [-0.39, 0.29) is 11.7 Å². The van der Waals surface area contributed by atoms with Crippen molar-refractivity contribution in [1.82, 2.24) is 9.88 Å². The number of carbonyl (C=O) groups excluding carboxylic acids is 1. The van der Waals surface area contributed by atoms with Gasteiger partial charge in [0, 0.05) is 13.1 Å². The van der Waals surface area contributed by atoms with Crippen molar-refractivity contribution in [3.63, 3.8) is 0 Å². The van der Waals surface area contributed by atoms with Crippen LogP contribution < -0.4 is 4.74 Å². The first-order valence-corrected chi connectivity index (χ1v) is 7.27. The molecule has 1 fully saturated rings. The molecule has 1 unspecified atom stereocenters. The topological polar surface area (TPSA) is 92.9 Å². The summed E-state index contributed by atoms with van der Waals surface area (Å²) < 4.78 is 10.6. The van der Waals surface area contributed by atoms with Gasteiger partial charge in [-0.25, -0.2) is 14.6 Å². The van der Waals surface area contributed by atoms with Crippen molar-refractivity contribution in [3.8, 4) is 5.75 Å². The van der Waals surface area contributed by atoms with Crippen LogP contribution in [0.25, 0.3) is 0 Å². The number of likely N-dealkylation sites (tertiary alicyclic amines) is 1. The highest BCUT2D eigenvalue weighted by molar-refractivity contribution is 5.85. The van der Waals surface area contributed by atoms with Crippen LogP contribution in [0.1, 0.15) is 34.5 Å². The van der Waals surface area contributed by atoms with Crippen LogP contribution in [0.5, 0.6) is 5.75 Å². The number of oxazole rings is 1. The van der Waals surface area contributed by atoms with Crippen molar-refractivity contribution in [2.75, 3.05) is 13.1 Å². The lowest BCUT2D eigenvalue weighted by atomic mass is 10.1. The lowest BCUT2D eigenvalue weighted by Crippen LogP contribution is -2.31. The molecule has 1 aliphatic rings. The lowest BCUT2D eigenvalue weighted by molar-refractivity contribution is 0.0658. The van der Waals surface area contributed by atoms with Gasteiger partial charge < -0.3 is 19.2 Å². The summed E-state index contributed by atoms with van der Waals surface area (Å²) in [7, 11) is 0. The molecule has 0 bridgehead atoms. The second-order valence-corrected chi connectivity index (χ2v) is 5.38. The number of para-hydroxylation sites is 1. The summed E-state index contributed by atoms with van der Waals surface area (Å²) in [4.78, 5) is 28.9. The molecule has 0 radical (unpaired) electrons. The van der Waals surface area contributed by atoms with E-state index in [0.29, 0.717) is 36.8 Å². The molecule has 7 nitrogen and oxygen atoms in total. The minimum absolute atomic E-state index is 0.120. The Balaban J connectivity index is 1.65. The molecule has 3 rings (SSSR count). The zero-order chi connectivity index (χ0) is 16.4. The summed E-state index contributed by atoms with van der Waals surface area (Å²) in [6.45, 7) is 2.50. The van der Waals surface area contributed by atoms with Gasteiger partial charge in [0.25, 0.3) is 0 Å². The van der Waals surface area contributed by atoms with Crippen LogP contribution >= 0.6 is 0 Å². The number of carboxylic acids is 1. The summed E-state index contributed by atoms with van der Waals surface area (Å²) >= 11 is 0. The molecule has 1 saturated heterocycles. The van der Waals surface area contributed by atoms with Crippen molar-refractivity contribution in [2.24, 2.45) is 0 Å². The standard InChI is InChI=1S/C16H16N2O5/c1-10-13(15(19)20)23-14(17-10)11-7-8-18(9-11)16(21)22-12-5-3-2-4-6-12/h2-6,11H,7-9H2,1H3,(H,19,20). The Bertz CT molecular complexity index is 725. The second-order valence-electron chi connectivity index (χ2n) is 5.38. The van der Waals surface area contributed by atoms with E-state index in [4.69, 9.17) is 14.3 Å². The van der Waals surface area contributed by atoms with Crippen molar-refractivity contribution in [1.29, 1.82) is 0 Å². The number of ether oxygens (including phenoxy) is 1. The van der Waals surface area contributed by atoms with Gasteiger partial charge in [-0.15, -0.1) is 0 Å². The Kier molecular flexibility index (Phi) is 4.01. The summed E-state index contributed by atoms with van der Waals surface area (Å²) in [6.07, 6.45) is 0.226. The van der Waals surface area contributed by atoms with Crippen LogP contribution in [0.15, 0.2) is 34.7 Å². The van der Waals surface area contributed by atoms with E-state index in [1.807, 2.05) is 6.07 Å². The van der Waals surface area contributed by atoms with Crippen molar-refractivity contribution in [3.05, 3.63) is 47.7 Å². The Morgan fingerprint density at radius 1 is 1.35 bits per heavy atom. The van der Waals surface area contributed by atoms with Crippen LogP contribution in [-0.2, 0) is 0 Å². The molecule has 1 aromatic carbocycles. The third-order valence-electron chi connectivity index (χ3n) is 3.75. The molecule has 1 aromatic heterocycles. The first-order valence-electron chi connectivity index (χ1n) is 7.27. The number of benzene rings is 1. The van der Waals surface area contributed by atoms with Crippen molar-refractivity contribution < 1.29 is 23.8 Å². The molecule has 1 N–H and O–H groups in total. The van der Waals surface area contributed by atoms with E-state index >= 15 is 0 Å². The number of hydrogen-bond acceptors (Lipinski definition) is 5. The van der Waals surface area contributed by atoms with Gasteiger partial charge in [-0.3, -0.25) is 0 Å². The summed E-state index contributed by atoms with van der Waals surface area (Å²) in [5, 5.41) is 9.01. The van der Waals surface area contributed by atoms with Gasteiger partial charge in [0.15, 0.2) is 0 Å². The van der Waals surface area contributed by atoms with E-state index < -0.39 is 12.1 Å². The van der Waals surface area contributed by atoms with Gasteiger partial charge >= 0.3 is 12.1 Å². The predicted molar refractivity (Wildman–Crippen MR) is 79.6 cm³/mol. The maximum absolute atomic E-state index is 12.1. The van der Waals surface area contributed by atoms with Gasteiger partial charge in [0.05, 0.1) is 11.6 Å². The van der Waals surface area contributed by atoms with E-state index in [0.717, 1.165) is 0 Å². The van der Waals surface area contributed by atoms with Gasteiger partial charge in [-0.2, -0.15) is 0 Å². The van der Waals surface area contributed by atoms with Gasteiger partial charge in [0.2, 0.25) is 11.7 Å². The van der Waals surface area contributed by atoms with E-state index in [2.05, 4.69) is 4.98 Å². The van der Waals surface area contributed by atoms with Crippen molar-refractivity contribution >= 4 is 12.1 Å². The quantitative estimate of drug-likeness (QED) is 0.935. The van der Waals surface area contributed by atoms with Crippen LogP contribution in [0.4, 0.5) is 4.79 Å². The molecule has 1 aliphatic heterocycles. The fraction of sp³-hybridized carbons (Fsp3) is 0.312. The minimum Gasteiger partial charge on any atom is -0.475 e. The summed E-state index contributed by atoms with van der Waals surface area (Å²) in [5.41, 5.74) is 0.345. The van der Waals surface area contributed by atoms with Crippen LogP contribution in [0.2, 0.25) is 0 Å². The number of aryl methyl sites for hydroxylation is 1. The highest BCUT2D eigenvalue weighted by atomic mass is 16.6. The number of carbonyl (C=O) groups is 2. The molecule has 2 heterocycles. The zero-order valence-electron chi connectivity index (χ0n) is 12.6. The van der Waals surface area contributed by atoms with E-state index in [1.54, 1.807) is 36.1 Å². The molecule has 120 valence electrons. The first-order chi connectivity index (χ1) is 11.0. The average Bonchev–Trinajstić information content (AvgIpc) is 3.14. The predicted octanol–water partition coefficient (Wildman–Crippen LogP) is 2.67. The fourth-order valence-electron chi connectivity index (χ4n) is 2.57. The van der Waals surface area contributed by atoms with E-state index in [9.17, 15) is 9.59 Å². The molecule has 1 atom stereocenters. The van der Waals surface area contributed by atoms with Crippen LogP contribution in [-0.4, -0.2) is 40.1 Å². The molecule has 1 amide bonds. The molecular weight excluding hydrogens is 300 g/mol. The van der Waals surface area contributed by atoms with Crippen LogP contribution in [0, 0.1) is 6.92 Å². The molecular formula is C16H16N2O5. The van der Waals surface area contributed by atoms with Gasteiger partial charge in [0.1, 0.15) is 5.75 Å². The molecule has 0 spiro atoms. The minimum atomic E-state index is -1.14. The first kappa shape index (κ1) is 15.1. The number of aromatic nitrogens is 1. The number of hydrogen-bond donors (Lipinski definition) is 1. The SMILES string of the molecule is Cc1nc(C2CCN(C(=O)Oc3ccccc3)C2)oc1C(=O)O. The number of amides is 1. The summed E-state index contributed by atoms with van der Waals surface area (Å²) in [6, 6.07) is 8.84. The normalized spacial score (nSPS) is 17.3. The highest BCUT2D eigenvalue weighted by Gasteiger charge is 2.32. The number of carboxylic acid groups (broad SMARTS) is 1. The molecule has 0 aliphatic carbocycles. The zero-order valence-corrected chi connectivity index (χ0v) is 12.6. The maximum atomic E-state index is 12.1. The third-order valence-corrected chi connectivity index (χ3v) is 3.75. The lowest BCUT2D eigenvalue weighted by Gasteiger charge is -2.15. The Morgan fingerprint density at radius 2 is 2.09 bits per heavy atom. The Labute approximate surface area is 132 Å².